The standard InChI is InChI=1S/C15H21NO3/c1-4-7-12(2)16-10-13(17)11-19-15-9-6-5-8-14(15)18-3/h1,5-6,8-9,12-13,16-17H,7,10-11H2,2-3H3. The van der Waals surface area contributed by atoms with Crippen LogP contribution >= 0.6 is 0 Å². The third-order valence-corrected chi connectivity index (χ3v) is 2.63. The quantitative estimate of drug-likeness (QED) is 0.697. The fourth-order valence-electron chi connectivity index (χ4n) is 1.57. The van der Waals surface area contributed by atoms with Crippen molar-refractivity contribution < 1.29 is 14.6 Å². The number of hydrogen-bond donors (Lipinski definition) is 2. The average molecular weight is 263 g/mol. The van der Waals surface area contributed by atoms with Crippen molar-refractivity contribution in [1.29, 1.82) is 0 Å². The van der Waals surface area contributed by atoms with E-state index in [1.54, 1.807) is 13.2 Å². The maximum atomic E-state index is 9.81. The fraction of sp³-hybridized carbons (Fsp3) is 0.467. The van der Waals surface area contributed by atoms with Crippen LogP contribution in [0.4, 0.5) is 0 Å². The van der Waals surface area contributed by atoms with Gasteiger partial charge in [-0.05, 0) is 19.1 Å². The van der Waals surface area contributed by atoms with Gasteiger partial charge in [0.2, 0.25) is 0 Å². The van der Waals surface area contributed by atoms with Gasteiger partial charge in [0.25, 0.3) is 0 Å². The molecular formula is C15H21NO3. The number of ether oxygens (including phenoxy) is 2. The predicted octanol–water partition coefficient (Wildman–Crippen LogP) is 1.44. The largest absolute Gasteiger partial charge is 0.493 e. The van der Waals surface area contributed by atoms with Gasteiger partial charge in [0.15, 0.2) is 11.5 Å². The molecule has 1 rings (SSSR count). The zero-order valence-corrected chi connectivity index (χ0v) is 11.4. The summed E-state index contributed by atoms with van der Waals surface area (Å²) in [6.45, 7) is 2.63. The first-order chi connectivity index (χ1) is 9.17. The van der Waals surface area contributed by atoms with Gasteiger partial charge in [0.05, 0.1) is 7.11 Å². The molecule has 0 aliphatic heterocycles. The molecule has 4 heteroatoms. The lowest BCUT2D eigenvalue weighted by Crippen LogP contribution is -2.36. The molecule has 0 aliphatic carbocycles. The van der Waals surface area contributed by atoms with Crippen LogP contribution in [0.1, 0.15) is 13.3 Å². The third kappa shape index (κ3) is 5.64. The van der Waals surface area contributed by atoms with Crippen molar-refractivity contribution in [2.75, 3.05) is 20.3 Å². The Bertz CT molecular complexity index is 414. The minimum atomic E-state index is -0.592. The van der Waals surface area contributed by atoms with Crippen molar-refractivity contribution >= 4 is 0 Å². The number of aliphatic hydroxyl groups is 1. The number of para-hydroxylation sites is 2. The van der Waals surface area contributed by atoms with Gasteiger partial charge < -0.3 is 19.9 Å². The fourth-order valence-corrected chi connectivity index (χ4v) is 1.57. The normalized spacial score (nSPS) is 13.4. The Kier molecular flexibility index (Phi) is 6.80. The number of aliphatic hydroxyl groups excluding tert-OH is 1. The lowest BCUT2D eigenvalue weighted by atomic mass is 10.2. The van der Waals surface area contributed by atoms with Crippen LogP contribution < -0.4 is 14.8 Å². The highest BCUT2D eigenvalue weighted by Gasteiger charge is 2.09. The molecule has 0 saturated heterocycles. The van der Waals surface area contributed by atoms with E-state index in [-0.39, 0.29) is 12.6 Å². The summed E-state index contributed by atoms with van der Waals surface area (Å²) in [7, 11) is 1.58. The van der Waals surface area contributed by atoms with Crippen molar-refractivity contribution in [2.45, 2.75) is 25.5 Å². The molecule has 0 radical (unpaired) electrons. The maximum absolute atomic E-state index is 9.81. The van der Waals surface area contributed by atoms with Crippen LogP contribution in [0.2, 0.25) is 0 Å². The lowest BCUT2D eigenvalue weighted by Gasteiger charge is -2.17. The molecule has 19 heavy (non-hydrogen) atoms. The first kappa shape index (κ1) is 15.4. The molecule has 0 saturated carbocycles. The van der Waals surface area contributed by atoms with E-state index in [0.29, 0.717) is 24.5 Å². The van der Waals surface area contributed by atoms with E-state index in [2.05, 4.69) is 11.2 Å². The Balaban J connectivity index is 2.34. The molecule has 0 amide bonds. The molecule has 2 atom stereocenters. The molecule has 1 aromatic carbocycles. The number of rotatable bonds is 8. The molecule has 2 N–H and O–H groups in total. The maximum Gasteiger partial charge on any atom is 0.161 e. The average Bonchev–Trinajstić information content (AvgIpc) is 2.43. The van der Waals surface area contributed by atoms with Crippen molar-refractivity contribution in [2.24, 2.45) is 0 Å². The Morgan fingerprint density at radius 2 is 2.05 bits per heavy atom. The predicted molar refractivity (Wildman–Crippen MR) is 75.4 cm³/mol. The molecular weight excluding hydrogens is 242 g/mol. The van der Waals surface area contributed by atoms with E-state index in [1.165, 1.54) is 0 Å². The van der Waals surface area contributed by atoms with Crippen LogP contribution in [0.15, 0.2) is 24.3 Å². The van der Waals surface area contributed by atoms with Crippen LogP contribution in [0.3, 0.4) is 0 Å². The van der Waals surface area contributed by atoms with E-state index >= 15 is 0 Å². The number of nitrogens with one attached hydrogen (secondary N) is 1. The summed E-state index contributed by atoms with van der Waals surface area (Å²) in [6, 6.07) is 7.53. The van der Waals surface area contributed by atoms with Gasteiger partial charge in [-0.2, -0.15) is 0 Å². The van der Waals surface area contributed by atoms with Gasteiger partial charge in [-0.3, -0.25) is 0 Å². The van der Waals surface area contributed by atoms with Gasteiger partial charge in [-0.15, -0.1) is 12.3 Å². The number of methoxy groups -OCH3 is 1. The summed E-state index contributed by atoms with van der Waals surface area (Å²) in [5.74, 6) is 3.85. The molecule has 2 unspecified atom stereocenters. The van der Waals surface area contributed by atoms with Gasteiger partial charge in [0, 0.05) is 19.0 Å². The molecule has 0 fully saturated rings. The molecule has 0 aromatic heterocycles. The van der Waals surface area contributed by atoms with Crippen LogP contribution in [0, 0.1) is 12.3 Å². The highest BCUT2D eigenvalue weighted by atomic mass is 16.5. The number of benzene rings is 1. The summed E-state index contributed by atoms with van der Waals surface area (Å²) in [6.07, 6.45) is 5.26. The Morgan fingerprint density at radius 3 is 2.68 bits per heavy atom. The molecule has 0 heterocycles. The smallest absolute Gasteiger partial charge is 0.161 e. The summed E-state index contributed by atoms with van der Waals surface area (Å²) in [5.41, 5.74) is 0. The second kappa shape index (κ2) is 8.41. The van der Waals surface area contributed by atoms with Gasteiger partial charge in [-0.1, -0.05) is 12.1 Å². The zero-order valence-electron chi connectivity index (χ0n) is 11.4. The minimum absolute atomic E-state index is 0.186. The summed E-state index contributed by atoms with van der Waals surface area (Å²) in [5, 5.41) is 13.0. The second-order valence-electron chi connectivity index (χ2n) is 4.33. The monoisotopic (exact) mass is 263 g/mol. The van der Waals surface area contributed by atoms with Gasteiger partial charge >= 0.3 is 0 Å². The van der Waals surface area contributed by atoms with Crippen LogP contribution in [-0.4, -0.2) is 37.5 Å². The second-order valence-corrected chi connectivity index (χ2v) is 4.33. The van der Waals surface area contributed by atoms with Crippen molar-refractivity contribution in [3.05, 3.63) is 24.3 Å². The Morgan fingerprint density at radius 1 is 1.37 bits per heavy atom. The Hall–Kier alpha value is -1.70. The molecule has 0 aliphatic rings. The van der Waals surface area contributed by atoms with Crippen LogP contribution in [0.5, 0.6) is 11.5 Å². The van der Waals surface area contributed by atoms with Crippen molar-refractivity contribution in [1.82, 2.24) is 5.32 Å². The van der Waals surface area contributed by atoms with E-state index < -0.39 is 6.10 Å². The lowest BCUT2D eigenvalue weighted by molar-refractivity contribution is 0.102. The van der Waals surface area contributed by atoms with Gasteiger partial charge in [-0.25, -0.2) is 0 Å². The minimum Gasteiger partial charge on any atom is -0.493 e. The third-order valence-electron chi connectivity index (χ3n) is 2.63. The first-order valence-corrected chi connectivity index (χ1v) is 6.28. The summed E-state index contributed by atoms with van der Waals surface area (Å²) < 4.78 is 10.7. The van der Waals surface area contributed by atoms with Crippen LogP contribution in [-0.2, 0) is 0 Å². The number of terminal acetylenes is 1. The highest BCUT2D eigenvalue weighted by Crippen LogP contribution is 2.25. The van der Waals surface area contributed by atoms with Gasteiger partial charge in [0.1, 0.15) is 12.7 Å². The molecule has 4 nitrogen and oxygen atoms in total. The zero-order chi connectivity index (χ0) is 14.1. The molecule has 104 valence electrons. The van der Waals surface area contributed by atoms with Crippen molar-refractivity contribution in [3.63, 3.8) is 0 Å². The van der Waals surface area contributed by atoms with E-state index in [1.807, 2.05) is 25.1 Å². The summed E-state index contributed by atoms with van der Waals surface area (Å²) >= 11 is 0. The van der Waals surface area contributed by atoms with E-state index in [4.69, 9.17) is 15.9 Å². The van der Waals surface area contributed by atoms with E-state index in [9.17, 15) is 5.11 Å². The SMILES string of the molecule is C#CCC(C)NCC(O)COc1ccccc1OC. The van der Waals surface area contributed by atoms with E-state index in [0.717, 1.165) is 0 Å². The summed E-state index contributed by atoms with van der Waals surface area (Å²) in [4.78, 5) is 0. The highest BCUT2D eigenvalue weighted by molar-refractivity contribution is 5.39. The van der Waals surface area contributed by atoms with Crippen molar-refractivity contribution in [3.8, 4) is 23.8 Å². The molecule has 1 aromatic rings. The topological polar surface area (TPSA) is 50.7 Å². The molecule has 0 spiro atoms. The Labute approximate surface area is 114 Å². The van der Waals surface area contributed by atoms with Crippen LogP contribution in [0.25, 0.3) is 0 Å². The first-order valence-electron chi connectivity index (χ1n) is 6.28. The molecule has 0 bridgehead atoms. The number of hydrogen-bond acceptors (Lipinski definition) is 4.